The van der Waals surface area contributed by atoms with Crippen LogP contribution < -0.4 is 10.6 Å². The van der Waals surface area contributed by atoms with Gasteiger partial charge >= 0.3 is 0 Å². The Kier molecular flexibility index (Phi) is 5.58. The molecule has 0 radical (unpaired) electrons. The van der Waals surface area contributed by atoms with Gasteiger partial charge in [0.2, 0.25) is 12.0 Å². The van der Waals surface area contributed by atoms with Crippen molar-refractivity contribution in [1.29, 1.82) is 0 Å². The fourth-order valence-electron chi connectivity index (χ4n) is 2.47. The van der Waals surface area contributed by atoms with Crippen LogP contribution in [0.2, 0.25) is 0 Å². The fourth-order valence-corrected chi connectivity index (χ4v) is 2.47. The van der Waals surface area contributed by atoms with Crippen LogP contribution in [-0.4, -0.2) is 35.2 Å². The minimum atomic E-state index is -0.713. The molecular weight excluding hydrogens is 332 g/mol. The molecule has 1 aliphatic rings. The van der Waals surface area contributed by atoms with E-state index >= 15 is 0 Å². The largest absolute Gasteiger partial charge is 0.382 e. The first kappa shape index (κ1) is 17.6. The summed E-state index contributed by atoms with van der Waals surface area (Å²) in [5.74, 6) is -0.648. The van der Waals surface area contributed by atoms with E-state index in [-0.39, 0.29) is 18.4 Å². The zero-order valence-corrected chi connectivity index (χ0v) is 14.4. The van der Waals surface area contributed by atoms with Crippen LogP contribution in [0.3, 0.4) is 0 Å². The molecule has 7 nitrogen and oxygen atoms in total. The van der Waals surface area contributed by atoms with Gasteiger partial charge in [-0.15, -0.1) is 0 Å². The Labute approximate surface area is 151 Å². The van der Waals surface area contributed by atoms with Crippen molar-refractivity contribution in [2.75, 3.05) is 6.54 Å². The van der Waals surface area contributed by atoms with Crippen molar-refractivity contribution in [3.8, 4) is 0 Å². The average Bonchev–Trinajstić information content (AvgIpc) is 3.16. The van der Waals surface area contributed by atoms with Crippen molar-refractivity contribution in [1.82, 2.24) is 15.6 Å². The molecule has 1 aromatic carbocycles. The molecule has 7 heteroatoms. The van der Waals surface area contributed by atoms with Crippen molar-refractivity contribution in [3.63, 3.8) is 0 Å². The zero-order chi connectivity index (χ0) is 18.4. The first-order valence-corrected chi connectivity index (χ1v) is 8.36. The minimum absolute atomic E-state index is 0.120. The molecule has 1 unspecified atom stereocenters. The summed E-state index contributed by atoms with van der Waals surface area (Å²) in [5, 5.41) is 9.26. The predicted octanol–water partition coefficient (Wildman–Crippen LogP) is 1.32. The van der Waals surface area contributed by atoms with Crippen molar-refractivity contribution < 1.29 is 14.4 Å². The number of hydrogen-bond donors (Lipinski definition) is 2. The number of aryl methyl sites for hydroxylation is 1. The third-order valence-electron chi connectivity index (χ3n) is 3.96. The molecule has 0 aliphatic carbocycles. The Balaban J connectivity index is 1.41. The van der Waals surface area contributed by atoms with Gasteiger partial charge in [0.15, 0.2) is 0 Å². The molecule has 0 saturated heterocycles. The first-order valence-electron chi connectivity index (χ1n) is 8.36. The molecule has 2 N–H and O–H groups in total. The fraction of sp³-hybridized carbons (Fsp3) is 0.263. The second kappa shape index (κ2) is 8.24. The predicted molar refractivity (Wildman–Crippen MR) is 96.3 cm³/mol. The van der Waals surface area contributed by atoms with E-state index in [9.17, 15) is 9.59 Å². The van der Waals surface area contributed by atoms with E-state index < -0.39 is 6.10 Å². The third kappa shape index (κ3) is 4.66. The lowest BCUT2D eigenvalue weighted by molar-refractivity contribution is -0.133. The molecule has 0 bridgehead atoms. The van der Waals surface area contributed by atoms with Crippen LogP contribution in [0.1, 0.15) is 23.2 Å². The number of pyridine rings is 1. The molecule has 1 aromatic heterocycles. The highest BCUT2D eigenvalue weighted by Crippen LogP contribution is 2.17. The van der Waals surface area contributed by atoms with E-state index in [1.165, 1.54) is 0 Å². The number of benzene rings is 1. The summed E-state index contributed by atoms with van der Waals surface area (Å²) in [6.45, 7) is 2.20. The van der Waals surface area contributed by atoms with E-state index in [4.69, 9.17) is 4.84 Å². The lowest BCUT2D eigenvalue weighted by atomic mass is 10.0. The Morgan fingerprint density at radius 3 is 2.69 bits per heavy atom. The maximum absolute atomic E-state index is 12.2. The van der Waals surface area contributed by atoms with Gasteiger partial charge in [0, 0.05) is 12.6 Å². The summed E-state index contributed by atoms with van der Waals surface area (Å²) < 4.78 is 0. The third-order valence-corrected chi connectivity index (χ3v) is 3.96. The summed E-state index contributed by atoms with van der Waals surface area (Å²) in [6.07, 6.45) is 1.33. The SMILES string of the molecule is Cc1ccc(C2=NOC(C(=O)NCC(=O)NCc3ccccn3)C2)cc1. The van der Waals surface area contributed by atoms with E-state index in [1.807, 2.05) is 43.3 Å². The molecule has 0 fully saturated rings. The van der Waals surface area contributed by atoms with Crippen LogP contribution in [0.25, 0.3) is 0 Å². The Morgan fingerprint density at radius 1 is 1.15 bits per heavy atom. The number of rotatable bonds is 6. The van der Waals surface area contributed by atoms with Gasteiger partial charge in [-0.2, -0.15) is 0 Å². The lowest BCUT2D eigenvalue weighted by Crippen LogP contribution is -2.41. The van der Waals surface area contributed by atoms with Crippen LogP contribution in [0, 0.1) is 6.92 Å². The second-order valence-corrected chi connectivity index (χ2v) is 6.02. The maximum atomic E-state index is 12.2. The molecule has 2 aromatic rings. The Bertz CT molecular complexity index is 803. The van der Waals surface area contributed by atoms with Gasteiger partial charge in [-0.05, 0) is 24.6 Å². The van der Waals surface area contributed by atoms with Gasteiger partial charge in [-0.25, -0.2) is 0 Å². The van der Waals surface area contributed by atoms with Crippen molar-refractivity contribution in [3.05, 3.63) is 65.5 Å². The highest BCUT2D eigenvalue weighted by atomic mass is 16.6. The first-order chi connectivity index (χ1) is 12.6. The smallest absolute Gasteiger partial charge is 0.264 e. The molecular formula is C19H20N4O3. The van der Waals surface area contributed by atoms with Gasteiger partial charge in [-0.1, -0.05) is 41.1 Å². The van der Waals surface area contributed by atoms with Crippen LogP contribution >= 0.6 is 0 Å². The van der Waals surface area contributed by atoms with Crippen molar-refractivity contribution in [2.24, 2.45) is 5.16 Å². The highest BCUT2D eigenvalue weighted by Gasteiger charge is 2.28. The molecule has 0 spiro atoms. The number of carbonyl (C=O) groups is 2. The van der Waals surface area contributed by atoms with Crippen LogP contribution in [0.5, 0.6) is 0 Å². The van der Waals surface area contributed by atoms with Gasteiger partial charge in [0.05, 0.1) is 24.5 Å². The van der Waals surface area contributed by atoms with Crippen LogP contribution in [0.15, 0.2) is 53.8 Å². The number of aromatic nitrogens is 1. The Hall–Kier alpha value is -3.22. The molecule has 3 rings (SSSR count). The molecule has 2 amide bonds. The number of carbonyl (C=O) groups excluding carboxylic acids is 2. The van der Waals surface area contributed by atoms with E-state index in [0.29, 0.717) is 13.0 Å². The van der Waals surface area contributed by atoms with Gasteiger partial charge in [-0.3, -0.25) is 14.6 Å². The average molecular weight is 352 g/mol. The monoisotopic (exact) mass is 352 g/mol. The molecule has 1 atom stereocenters. The van der Waals surface area contributed by atoms with E-state index in [0.717, 1.165) is 22.5 Å². The number of amides is 2. The number of oxime groups is 1. The summed E-state index contributed by atoms with van der Waals surface area (Å²) >= 11 is 0. The topological polar surface area (TPSA) is 92.7 Å². The molecule has 26 heavy (non-hydrogen) atoms. The zero-order valence-electron chi connectivity index (χ0n) is 14.4. The number of nitrogens with one attached hydrogen (secondary N) is 2. The quantitative estimate of drug-likeness (QED) is 0.820. The van der Waals surface area contributed by atoms with E-state index in [1.54, 1.807) is 12.3 Å². The van der Waals surface area contributed by atoms with Crippen LogP contribution in [-0.2, 0) is 21.0 Å². The molecule has 1 aliphatic heterocycles. The van der Waals surface area contributed by atoms with Crippen molar-refractivity contribution in [2.45, 2.75) is 26.0 Å². The summed E-state index contributed by atoms with van der Waals surface area (Å²) in [4.78, 5) is 33.3. The van der Waals surface area contributed by atoms with Crippen molar-refractivity contribution >= 4 is 17.5 Å². The molecule has 134 valence electrons. The number of hydrogen-bond acceptors (Lipinski definition) is 5. The highest BCUT2D eigenvalue weighted by molar-refractivity contribution is 6.04. The van der Waals surface area contributed by atoms with Gasteiger partial charge < -0.3 is 15.5 Å². The maximum Gasteiger partial charge on any atom is 0.264 e. The minimum Gasteiger partial charge on any atom is -0.382 e. The summed E-state index contributed by atoms with van der Waals surface area (Å²) in [5.41, 5.74) is 3.56. The lowest BCUT2D eigenvalue weighted by Gasteiger charge is -2.10. The van der Waals surface area contributed by atoms with E-state index in [2.05, 4.69) is 20.8 Å². The normalized spacial score (nSPS) is 15.7. The second-order valence-electron chi connectivity index (χ2n) is 6.02. The summed E-state index contributed by atoms with van der Waals surface area (Å²) in [6, 6.07) is 13.3. The molecule has 2 heterocycles. The van der Waals surface area contributed by atoms with Gasteiger partial charge in [0.1, 0.15) is 0 Å². The molecule has 0 saturated carbocycles. The van der Waals surface area contributed by atoms with Crippen LogP contribution in [0.4, 0.5) is 0 Å². The summed E-state index contributed by atoms with van der Waals surface area (Å²) in [7, 11) is 0. The number of nitrogens with zero attached hydrogens (tertiary/aromatic N) is 2. The Morgan fingerprint density at radius 2 is 1.96 bits per heavy atom. The van der Waals surface area contributed by atoms with Gasteiger partial charge in [0.25, 0.3) is 5.91 Å². The standard InChI is InChI=1S/C19H20N4O3/c1-13-5-7-14(8-6-13)16-10-17(26-23-16)19(25)22-12-18(24)21-11-15-4-2-3-9-20-15/h2-9,17H,10-12H2,1H3,(H,21,24)(H,22,25).